The van der Waals surface area contributed by atoms with E-state index in [1.54, 1.807) is 30.3 Å². The largest absolute Gasteiger partial charge is 0.478 e. The molecule has 0 fully saturated rings. The molecule has 1 rings (SSSR count). The van der Waals surface area contributed by atoms with Crippen molar-refractivity contribution in [3.8, 4) is 0 Å². The van der Waals surface area contributed by atoms with Crippen molar-refractivity contribution in [1.82, 2.24) is 0 Å². The molecule has 5 heteroatoms. The fourth-order valence-electron chi connectivity index (χ4n) is 0.800. The summed E-state index contributed by atoms with van der Waals surface area (Å²) in [7, 11) is 1.18. The molecule has 0 aliphatic rings. The lowest BCUT2D eigenvalue weighted by Gasteiger charge is -1.96. The van der Waals surface area contributed by atoms with E-state index in [4.69, 9.17) is 5.11 Å². The van der Waals surface area contributed by atoms with Gasteiger partial charge in [0.25, 0.3) is 5.78 Å². The Morgan fingerprint density at radius 2 is 1.71 bits per heavy atom. The van der Waals surface area contributed by atoms with Crippen LogP contribution in [-0.2, 0) is 14.3 Å². The molecule has 0 saturated heterocycles. The van der Waals surface area contributed by atoms with Gasteiger partial charge in [0, 0.05) is 11.6 Å². The number of hydrogen-bond donors (Lipinski definition) is 1. The summed E-state index contributed by atoms with van der Waals surface area (Å²) < 4.78 is 4.28. The second-order valence-corrected chi connectivity index (χ2v) is 2.73. The monoisotopic (exact) mass is 236 g/mol. The first kappa shape index (κ1) is 14.6. The highest BCUT2D eigenvalue weighted by molar-refractivity contribution is 6.40. The molecule has 17 heavy (non-hydrogen) atoms. The van der Waals surface area contributed by atoms with E-state index in [1.165, 1.54) is 7.11 Å². The summed E-state index contributed by atoms with van der Waals surface area (Å²) in [6.07, 6.45) is 0.833. The molecule has 0 amide bonds. The van der Waals surface area contributed by atoms with Gasteiger partial charge in [-0.3, -0.25) is 4.79 Å². The highest BCUT2D eigenvalue weighted by Crippen LogP contribution is 2.00. The number of carboxylic acids is 1. The maximum absolute atomic E-state index is 11.1. The molecule has 1 aromatic rings. The Kier molecular flexibility index (Phi) is 6.69. The normalized spacial score (nSPS) is 8.29. The summed E-state index contributed by atoms with van der Waals surface area (Å²) in [5, 5.41) is 7.60. The van der Waals surface area contributed by atoms with E-state index in [0.717, 1.165) is 6.08 Å². The highest BCUT2D eigenvalue weighted by Gasteiger charge is 2.14. The lowest BCUT2D eigenvalue weighted by Crippen LogP contribution is -2.15. The number of benzene rings is 1. The molecule has 5 nitrogen and oxygen atoms in total. The quantitative estimate of drug-likeness (QED) is 0.370. The van der Waals surface area contributed by atoms with E-state index in [0.29, 0.717) is 5.56 Å². The fourth-order valence-corrected chi connectivity index (χ4v) is 0.800. The van der Waals surface area contributed by atoms with E-state index >= 15 is 0 Å². The van der Waals surface area contributed by atoms with E-state index < -0.39 is 17.7 Å². The fraction of sp³-hybridized carbons (Fsp3) is 0.0833. The van der Waals surface area contributed by atoms with Crippen LogP contribution in [-0.4, -0.2) is 29.9 Å². The van der Waals surface area contributed by atoms with Gasteiger partial charge in [-0.1, -0.05) is 36.9 Å². The third-order valence-electron chi connectivity index (χ3n) is 1.58. The van der Waals surface area contributed by atoms with Crippen LogP contribution >= 0.6 is 0 Å². The maximum Gasteiger partial charge on any atom is 0.379 e. The molecule has 0 spiro atoms. The molecule has 0 radical (unpaired) electrons. The number of ether oxygens (including phenoxy) is 1. The zero-order valence-corrected chi connectivity index (χ0v) is 9.25. The summed E-state index contributed by atoms with van der Waals surface area (Å²) in [5.74, 6) is -2.43. The number of ketones is 1. The summed E-state index contributed by atoms with van der Waals surface area (Å²) >= 11 is 0. The van der Waals surface area contributed by atoms with Gasteiger partial charge < -0.3 is 9.84 Å². The standard InChI is InChI=1S/C9H8O3.C3H4O2/c1-12-9(11)8(10)7-5-3-2-4-6-7;1-2-3(4)5/h2-6H,1H3;2H,1H2,(H,4,5). The van der Waals surface area contributed by atoms with Gasteiger partial charge in [0.15, 0.2) is 0 Å². The van der Waals surface area contributed by atoms with Crippen LogP contribution in [0.4, 0.5) is 0 Å². The summed E-state index contributed by atoms with van der Waals surface area (Å²) in [6, 6.07) is 8.29. The number of methoxy groups -OCH3 is 1. The first-order valence-corrected chi connectivity index (χ1v) is 4.56. The van der Waals surface area contributed by atoms with Crippen molar-refractivity contribution < 1.29 is 24.2 Å². The van der Waals surface area contributed by atoms with Crippen LogP contribution in [0.3, 0.4) is 0 Å². The average molecular weight is 236 g/mol. The van der Waals surface area contributed by atoms with Crippen LogP contribution in [0.25, 0.3) is 0 Å². The number of esters is 1. The van der Waals surface area contributed by atoms with Gasteiger partial charge >= 0.3 is 11.9 Å². The van der Waals surface area contributed by atoms with Gasteiger partial charge in [0.1, 0.15) is 0 Å². The molecule has 0 bridgehead atoms. The minimum Gasteiger partial charge on any atom is -0.478 e. The lowest BCUT2D eigenvalue weighted by atomic mass is 10.1. The van der Waals surface area contributed by atoms with E-state index in [1.807, 2.05) is 0 Å². The molecule has 0 aliphatic heterocycles. The second-order valence-electron chi connectivity index (χ2n) is 2.73. The molecule has 0 aliphatic carbocycles. The molecule has 0 heterocycles. The maximum atomic E-state index is 11.1. The van der Waals surface area contributed by atoms with Crippen molar-refractivity contribution in [2.24, 2.45) is 0 Å². The van der Waals surface area contributed by atoms with Crippen LogP contribution < -0.4 is 0 Å². The summed E-state index contributed by atoms with van der Waals surface area (Å²) in [4.78, 5) is 31.1. The number of carbonyl (C=O) groups is 3. The van der Waals surface area contributed by atoms with Gasteiger partial charge in [-0.15, -0.1) is 0 Å². The first-order chi connectivity index (χ1) is 8.02. The molecule has 0 unspecified atom stereocenters. The van der Waals surface area contributed by atoms with E-state index in [-0.39, 0.29) is 0 Å². The van der Waals surface area contributed by atoms with Crippen LogP contribution in [0.1, 0.15) is 10.4 Å². The number of Topliss-reactive ketones (excluding diaryl/α,β-unsaturated/α-hetero) is 1. The van der Waals surface area contributed by atoms with Crippen LogP contribution in [0, 0.1) is 0 Å². The lowest BCUT2D eigenvalue weighted by molar-refractivity contribution is -0.135. The third-order valence-corrected chi connectivity index (χ3v) is 1.58. The Labute approximate surface area is 98.3 Å². The summed E-state index contributed by atoms with van der Waals surface area (Å²) in [6.45, 7) is 2.96. The summed E-state index contributed by atoms with van der Waals surface area (Å²) in [5.41, 5.74) is 0.351. The van der Waals surface area contributed by atoms with Crippen molar-refractivity contribution in [3.05, 3.63) is 48.6 Å². The van der Waals surface area contributed by atoms with Crippen LogP contribution in [0.15, 0.2) is 43.0 Å². The van der Waals surface area contributed by atoms with Crippen molar-refractivity contribution in [3.63, 3.8) is 0 Å². The molecular formula is C12H12O5. The minimum absolute atomic E-state index is 0.351. The highest BCUT2D eigenvalue weighted by atomic mass is 16.5. The average Bonchev–Trinajstić information content (AvgIpc) is 2.38. The molecule has 1 aromatic carbocycles. The Morgan fingerprint density at radius 1 is 1.24 bits per heavy atom. The zero-order valence-electron chi connectivity index (χ0n) is 9.25. The molecule has 90 valence electrons. The van der Waals surface area contributed by atoms with Gasteiger partial charge in [0.2, 0.25) is 0 Å². The Balaban J connectivity index is 0.000000437. The van der Waals surface area contributed by atoms with Gasteiger partial charge in [-0.25, -0.2) is 9.59 Å². The van der Waals surface area contributed by atoms with Gasteiger partial charge in [-0.05, 0) is 0 Å². The van der Waals surface area contributed by atoms with Crippen molar-refractivity contribution in [2.45, 2.75) is 0 Å². The smallest absolute Gasteiger partial charge is 0.379 e. The number of carbonyl (C=O) groups excluding carboxylic acids is 2. The Bertz CT molecular complexity index is 408. The van der Waals surface area contributed by atoms with E-state index in [2.05, 4.69) is 11.3 Å². The predicted molar refractivity (Wildman–Crippen MR) is 60.6 cm³/mol. The number of rotatable bonds is 3. The molecular weight excluding hydrogens is 224 g/mol. The van der Waals surface area contributed by atoms with Gasteiger partial charge in [-0.2, -0.15) is 0 Å². The van der Waals surface area contributed by atoms with Crippen molar-refractivity contribution in [2.75, 3.05) is 7.11 Å². The molecule has 1 N–H and O–H groups in total. The topological polar surface area (TPSA) is 80.7 Å². The molecule has 0 atom stereocenters. The molecule has 0 saturated carbocycles. The number of carboxylic acid groups (broad SMARTS) is 1. The Morgan fingerprint density at radius 3 is 2.06 bits per heavy atom. The van der Waals surface area contributed by atoms with Crippen LogP contribution in [0.2, 0.25) is 0 Å². The predicted octanol–water partition coefficient (Wildman–Crippen LogP) is 1.30. The number of aliphatic carboxylic acids is 1. The first-order valence-electron chi connectivity index (χ1n) is 4.56. The minimum atomic E-state index is -0.981. The van der Waals surface area contributed by atoms with Crippen molar-refractivity contribution >= 4 is 17.7 Å². The van der Waals surface area contributed by atoms with Crippen LogP contribution in [0.5, 0.6) is 0 Å². The van der Waals surface area contributed by atoms with Gasteiger partial charge in [0.05, 0.1) is 7.11 Å². The zero-order chi connectivity index (χ0) is 13.3. The Hall–Kier alpha value is -2.43. The molecule has 0 aromatic heterocycles. The third kappa shape index (κ3) is 5.88. The number of hydrogen-bond acceptors (Lipinski definition) is 4. The van der Waals surface area contributed by atoms with Crippen molar-refractivity contribution in [1.29, 1.82) is 0 Å². The van der Waals surface area contributed by atoms with E-state index in [9.17, 15) is 14.4 Å². The second kappa shape index (κ2) is 7.81. The SMILES string of the molecule is C=CC(=O)O.COC(=O)C(=O)c1ccccc1.